The highest BCUT2D eigenvalue weighted by molar-refractivity contribution is 7.19. The van der Waals surface area contributed by atoms with Crippen LogP contribution >= 0.6 is 22.7 Å². The zero-order valence-corrected chi connectivity index (χ0v) is 29.6. The van der Waals surface area contributed by atoms with Gasteiger partial charge in [0.1, 0.15) is 0 Å². The predicted octanol–water partition coefficient (Wildman–Crippen LogP) is 14.7. The molecule has 0 saturated carbocycles. The van der Waals surface area contributed by atoms with E-state index >= 15 is 0 Å². The highest BCUT2D eigenvalue weighted by Gasteiger charge is 2.19. The molecule has 0 aliphatic carbocycles. The van der Waals surface area contributed by atoms with E-state index in [1.807, 2.05) is 22.7 Å². The van der Waals surface area contributed by atoms with Crippen molar-refractivity contribution in [2.24, 2.45) is 0 Å². The lowest BCUT2D eigenvalue weighted by Gasteiger charge is -2.19. The minimum atomic E-state index is 1.24. The molecule has 2 heterocycles. The molecular formula is C48H34S2. The molecule has 7 aromatic carbocycles. The zero-order valence-electron chi connectivity index (χ0n) is 28.0. The molecule has 2 heteroatoms. The maximum atomic E-state index is 2.39. The van der Waals surface area contributed by atoms with Crippen molar-refractivity contribution < 1.29 is 0 Å². The number of hydrogen-bond acceptors (Lipinski definition) is 2. The van der Waals surface area contributed by atoms with Crippen LogP contribution in [0.5, 0.6) is 0 Å². The summed E-state index contributed by atoms with van der Waals surface area (Å²) in [5.74, 6) is 0. The molecule has 0 radical (unpaired) electrons. The van der Waals surface area contributed by atoms with Crippen molar-refractivity contribution in [3.63, 3.8) is 0 Å². The molecule has 0 bridgehead atoms. The molecule has 2 aromatic heterocycles. The highest BCUT2D eigenvalue weighted by atomic mass is 32.1. The molecule has 0 amide bonds. The number of aryl methyl sites for hydroxylation is 2. The molecule has 0 nitrogen and oxygen atoms in total. The van der Waals surface area contributed by atoms with Crippen molar-refractivity contribution in [2.75, 3.05) is 0 Å². The van der Waals surface area contributed by atoms with E-state index in [4.69, 9.17) is 0 Å². The summed E-state index contributed by atoms with van der Waals surface area (Å²) in [4.78, 5) is 5.14. The van der Waals surface area contributed by atoms with Crippen LogP contribution in [0.2, 0.25) is 0 Å². The second-order valence-corrected chi connectivity index (χ2v) is 15.2. The largest absolute Gasteiger partial charge is 0.135 e. The first kappa shape index (κ1) is 30.5. The third-order valence-electron chi connectivity index (χ3n) is 9.63. The summed E-state index contributed by atoms with van der Waals surface area (Å²) in [5, 5.41) is 5.14. The standard InChI is InChI=1S/C48H34S2/c1-31-19-21-39-41(27-31)47(37-17-9-15-35(29-37)45-25-23-43(49-45)33-11-5-3-6-12-33)40-22-20-32(2)28-42(40)48(39)38-18-10-16-36(30-38)46-26-24-44(50-46)34-13-7-4-8-14-34/h3-30H,1-2H3. The Hall–Kier alpha value is -5.54. The molecule has 9 aromatic rings. The van der Waals surface area contributed by atoms with Gasteiger partial charge in [0.25, 0.3) is 0 Å². The molecule has 9 rings (SSSR count). The van der Waals surface area contributed by atoms with Gasteiger partial charge in [-0.05, 0) is 116 Å². The van der Waals surface area contributed by atoms with Crippen LogP contribution in [0.15, 0.2) is 170 Å². The average molecular weight is 675 g/mol. The van der Waals surface area contributed by atoms with Crippen LogP contribution in [0, 0.1) is 13.8 Å². The van der Waals surface area contributed by atoms with Crippen molar-refractivity contribution in [2.45, 2.75) is 13.8 Å². The summed E-state index contributed by atoms with van der Waals surface area (Å²) in [6, 6.07) is 62.6. The first-order valence-electron chi connectivity index (χ1n) is 17.1. The van der Waals surface area contributed by atoms with E-state index < -0.39 is 0 Å². The third-order valence-corrected chi connectivity index (χ3v) is 12.0. The molecule has 0 fully saturated rings. The van der Waals surface area contributed by atoms with Gasteiger partial charge in [-0.2, -0.15) is 0 Å². The van der Waals surface area contributed by atoms with Gasteiger partial charge >= 0.3 is 0 Å². The van der Waals surface area contributed by atoms with Gasteiger partial charge in [0.2, 0.25) is 0 Å². The Morgan fingerprint density at radius 3 is 1.06 bits per heavy atom. The second-order valence-electron chi connectivity index (χ2n) is 13.1. The molecule has 0 saturated heterocycles. The Bertz CT molecular complexity index is 2470. The zero-order chi connectivity index (χ0) is 33.6. The maximum Gasteiger partial charge on any atom is 0.0349 e. The lowest BCUT2D eigenvalue weighted by molar-refractivity contribution is 1.49. The van der Waals surface area contributed by atoms with E-state index in [9.17, 15) is 0 Å². The van der Waals surface area contributed by atoms with Crippen molar-refractivity contribution in [1.82, 2.24) is 0 Å². The van der Waals surface area contributed by atoms with Crippen molar-refractivity contribution >= 4 is 44.2 Å². The van der Waals surface area contributed by atoms with E-state index in [-0.39, 0.29) is 0 Å². The lowest BCUT2D eigenvalue weighted by Crippen LogP contribution is -1.93. The minimum Gasteiger partial charge on any atom is -0.135 e. The summed E-state index contributed by atoms with van der Waals surface area (Å²) >= 11 is 3.71. The van der Waals surface area contributed by atoms with Gasteiger partial charge in [0, 0.05) is 19.5 Å². The molecule has 0 unspecified atom stereocenters. The van der Waals surface area contributed by atoms with Crippen LogP contribution in [0.4, 0.5) is 0 Å². The fourth-order valence-corrected chi connectivity index (χ4v) is 9.25. The second kappa shape index (κ2) is 12.7. The Balaban J connectivity index is 1.22. The van der Waals surface area contributed by atoms with Crippen LogP contribution in [0.25, 0.3) is 85.6 Å². The first-order valence-corrected chi connectivity index (χ1v) is 18.7. The predicted molar refractivity (Wildman–Crippen MR) is 219 cm³/mol. The van der Waals surface area contributed by atoms with E-state index in [0.29, 0.717) is 0 Å². The summed E-state index contributed by atoms with van der Waals surface area (Å²) in [7, 11) is 0. The van der Waals surface area contributed by atoms with Crippen molar-refractivity contribution in [1.29, 1.82) is 0 Å². The molecule has 0 atom stereocenters. The number of thiophene rings is 2. The fourth-order valence-electron chi connectivity index (χ4n) is 7.24. The quantitative estimate of drug-likeness (QED) is 0.154. The van der Waals surface area contributed by atoms with Crippen LogP contribution in [0.1, 0.15) is 11.1 Å². The Kier molecular flexibility index (Phi) is 7.77. The SMILES string of the molecule is Cc1ccc2c(-c3cccc(-c4ccc(-c5ccccc5)s4)c3)c3cc(C)ccc3c(-c3cccc(-c4ccc(-c5ccccc5)s4)c3)c2c1. The Labute approximate surface area is 301 Å². The highest BCUT2D eigenvalue weighted by Crippen LogP contribution is 2.46. The monoisotopic (exact) mass is 674 g/mol. The first-order chi connectivity index (χ1) is 24.6. The summed E-state index contributed by atoms with van der Waals surface area (Å²) in [5.41, 5.74) is 12.6. The van der Waals surface area contributed by atoms with E-state index in [1.54, 1.807) is 0 Å². The van der Waals surface area contributed by atoms with Crippen LogP contribution < -0.4 is 0 Å². The number of hydrogen-bond donors (Lipinski definition) is 0. The van der Waals surface area contributed by atoms with Gasteiger partial charge in [-0.1, -0.05) is 145 Å². The lowest BCUT2D eigenvalue weighted by atomic mass is 9.84. The van der Waals surface area contributed by atoms with Gasteiger partial charge < -0.3 is 0 Å². The number of fused-ring (bicyclic) bond motifs is 2. The summed E-state index contributed by atoms with van der Waals surface area (Å²) < 4.78 is 0. The van der Waals surface area contributed by atoms with Crippen molar-refractivity contribution in [3.8, 4) is 64.0 Å². The molecule has 0 N–H and O–H groups in total. The maximum absolute atomic E-state index is 2.39. The smallest absolute Gasteiger partial charge is 0.0349 e. The van der Waals surface area contributed by atoms with Crippen LogP contribution in [-0.4, -0.2) is 0 Å². The molecule has 0 aliphatic rings. The van der Waals surface area contributed by atoms with Crippen molar-refractivity contribution in [3.05, 3.63) is 181 Å². The molecular weight excluding hydrogens is 641 g/mol. The van der Waals surface area contributed by atoms with Gasteiger partial charge in [-0.3, -0.25) is 0 Å². The fraction of sp³-hybridized carbons (Fsp3) is 0.0417. The van der Waals surface area contributed by atoms with Gasteiger partial charge in [-0.25, -0.2) is 0 Å². The molecule has 238 valence electrons. The van der Waals surface area contributed by atoms with Crippen LogP contribution in [0.3, 0.4) is 0 Å². The van der Waals surface area contributed by atoms with Gasteiger partial charge in [0.05, 0.1) is 0 Å². The van der Waals surface area contributed by atoms with E-state index in [0.717, 1.165) is 0 Å². The third kappa shape index (κ3) is 5.57. The van der Waals surface area contributed by atoms with Gasteiger partial charge in [0.15, 0.2) is 0 Å². The summed E-state index contributed by atoms with van der Waals surface area (Å²) in [6.45, 7) is 4.41. The Morgan fingerprint density at radius 2 is 0.640 bits per heavy atom. The minimum absolute atomic E-state index is 1.24. The number of benzene rings is 7. The average Bonchev–Trinajstić information content (AvgIpc) is 3.87. The van der Waals surface area contributed by atoms with Gasteiger partial charge in [-0.15, -0.1) is 22.7 Å². The molecule has 0 aliphatic heterocycles. The van der Waals surface area contributed by atoms with E-state index in [2.05, 4.69) is 184 Å². The number of rotatable bonds is 6. The normalized spacial score (nSPS) is 11.4. The Morgan fingerprint density at radius 1 is 0.280 bits per heavy atom. The topological polar surface area (TPSA) is 0 Å². The van der Waals surface area contributed by atoms with Crippen LogP contribution in [-0.2, 0) is 0 Å². The molecule has 0 spiro atoms. The summed E-state index contributed by atoms with van der Waals surface area (Å²) in [6.07, 6.45) is 0. The van der Waals surface area contributed by atoms with E-state index in [1.165, 1.54) is 96.7 Å². The molecule has 50 heavy (non-hydrogen) atoms.